The first-order valence-electron chi connectivity index (χ1n) is 7.91. The molecule has 0 aliphatic rings. The number of aromatic nitrogens is 1. The zero-order valence-corrected chi connectivity index (χ0v) is 14.6. The lowest BCUT2D eigenvalue weighted by molar-refractivity contribution is 0.667. The predicted molar refractivity (Wildman–Crippen MR) is 99.9 cm³/mol. The summed E-state index contributed by atoms with van der Waals surface area (Å²) >= 11 is 0. The van der Waals surface area contributed by atoms with Gasteiger partial charge in [0.1, 0.15) is 5.58 Å². The molecule has 4 rings (SSSR count). The third-order valence-corrected chi connectivity index (χ3v) is 6.33. The molecule has 0 bridgehead atoms. The summed E-state index contributed by atoms with van der Waals surface area (Å²) in [4.78, 5) is 4.68. The van der Waals surface area contributed by atoms with Gasteiger partial charge in [-0.3, -0.25) is 4.98 Å². The van der Waals surface area contributed by atoms with Gasteiger partial charge < -0.3 is 4.42 Å². The molecule has 4 aromatic rings. The first-order chi connectivity index (χ1) is 11.0. The SMILES string of the molecule is C[Si](C)(C)c1ccccc1-c1cc2c(cn1)oc1ccccc12. The van der Waals surface area contributed by atoms with Gasteiger partial charge in [-0.15, -0.1) is 0 Å². The Labute approximate surface area is 136 Å². The highest BCUT2D eigenvalue weighted by Crippen LogP contribution is 2.30. The van der Waals surface area contributed by atoms with Gasteiger partial charge >= 0.3 is 0 Å². The van der Waals surface area contributed by atoms with Crippen LogP contribution in [-0.2, 0) is 0 Å². The standard InChI is InChI=1S/C20H19NOSi/c1-23(2,3)20-11-7-5-9-15(20)17-12-16-14-8-4-6-10-18(14)22-19(16)13-21-17/h4-13H,1-3H3. The van der Waals surface area contributed by atoms with Crippen molar-refractivity contribution in [1.82, 2.24) is 4.98 Å². The van der Waals surface area contributed by atoms with Crippen molar-refractivity contribution in [2.75, 3.05) is 0 Å². The van der Waals surface area contributed by atoms with Crippen LogP contribution in [0.15, 0.2) is 65.2 Å². The molecule has 3 heteroatoms. The number of hydrogen-bond acceptors (Lipinski definition) is 2. The second-order valence-electron chi connectivity index (χ2n) is 6.96. The third-order valence-electron chi connectivity index (χ3n) is 4.28. The first kappa shape index (κ1) is 14.2. The number of pyridine rings is 1. The van der Waals surface area contributed by atoms with Gasteiger partial charge in [-0.2, -0.15) is 0 Å². The summed E-state index contributed by atoms with van der Waals surface area (Å²) in [7, 11) is -1.43. The molecular formula is C20H19NOSi. The zero-order valence-electron chi connectivity index (χ0n) is 13.6. The van der Waals surface area contributed by atoms with Crippen molar-refractivity contribution in [1.29, 1.82) is 0 Å². The second kappa shape index (κ2) is 5.07. The Morgan fingerprint density at radius 2 is 1.57 bits per heavy atom. The minimum atomic E-state index is -1.43. The fourth-order valence-corrected chi connectivity index (χ4v) is 4.75. The van der Waals surface area contributed by atoms with E-state index in [1.54, 1.807) is 0 Å². The van der Waals surface area contributed by atoms with E-state index in [-0.39, 0.29) is 0 Å². The number of hydrogen-bond donors (Lipinski definition) is 0. The van der Waals surface area contributed by atoms with Crippen LogP contribution >= 0.6 is 0 Å². The molecule has 0 saturated heterocycles. The summed E-state index contributed by atoms with van der Waals surface area (Å²) < 4.78 is 5.89. The van der Waals surface area contributed by atoms with Crippen molar-refractivity contribution >= 4 is 35.2 Å². The van der Waals surface area contributed by atoms with Gasteiger partial charge in [0.25, 0.3) is 0 Å². The molecule has 0 atom stereocenters. The van der Waals surface area contributed by atoms with Crippen molar-refractivity contribution in [2.45, 2.75) is 19.6 Å². The summed E-state index contributed by atoms with van der Waals surface area (Å²) in [6.07, 6.45) is 1.85. The number of rotatable bonds is 2. The highest BCUT2D eigenvalue weighted by molar-refractivity contribution is 6.89. The van der Waals surface area contributed by atoms with Gasteiger partial charge in [0.05, 0.1) is 20.0 Å². The van der Waals surface area contributed by atoms with Crippen LogP contribution in [-0.4, -0.2) is 13.1 Å². The fourth-order valence-electron chi connectivity index (χ4n) is 3.14. The Hall–Kier alpha value is -2.39. The Bertz CT molecular complexity index is 1010. The first-order valence-corrected chi connectivity index (χ1v) is 11.4. The van der Waals surface area contributed by atoms with Crippen LogP contribution < -0.4 is 5.19 Å². The van der Waals surface area contributed by atoms with Crippen LogP contribution in [0.2, 0.25) is 19.6 Å². The molecule has 0 N–H and O–H groups in total. The quantitative estimate of drug-likeness (QED) is 0.475. The summed E-state index contributed by atoms with van der Waals surface area (Å²) in [6, 6.07) is 19.0. The molecular weight excluding hydrogens is 298 g/mol. The molecule has 23 heavy (non-hydrogen) atoms. The zero-order chi connectivity index (χ0) is 16.0. The van der Waals surface area contributed by atoms with Gasteiger partial charge in [0, 0.05) is 10.8 Å². The lowest BCUT2D eigenvalue weighted by Crippen LogP contribution is -2.38. The Kier molecular flexibility index (Phi) is 3.13. The molecule has 2 aromatic heterocycles. The highest BCUT2D eigenvalue weighted by Gasteiger charge is 2.21. The van der Waals surface area contributed by atoms with Gasteiger partial charge in [0.2, 0.25) is 0 Å². The van der Waals surface area contributed by atoms with Crippen molar-refractivity contribution in [3.8, 4) is 11.3 Å². The van der Waals surface area contributed by atoms with E-state index in [9.17, 15) is 0 Å². The Balaban J connectivity index is 1.99. The lowest BCUT2D eigenvalue weighted by Gasteiger charge is -2.20. The topological polar surface area (TPSA) is 26.0 Å². The number of benzene rings is 2. The van der Waals surface area contributed by atoms with Crippen LogP contribution in [0.3, 0.4) is 0 Å². The average Bonchev–Trinajstić information content (AvgIpc) is 2.92. The fraction of sp³-hybridized carbons (Fsp3) is 0.150. The number of fused-ring (bicyclic) bond motifs is 3. The molecule has 114 valence electrons. The van der Waals surface area contributed by atoms with Crippen molar-refractivity contribution in [3.63, 3.8) is 0 Å². The van der Waals surface area contributed by atoms with E-state index in [0.29, 0.717) is 0 Å². The monoisotopic (exact) mass is 317 g/mol. The highest BCUT2D eigenvalue weighted by atomic mass is 28.3. The minimum Gasteiger partial charge on any atom is -0.454 e. The number of furan rings is 1. The molecule has 0 aliphatic heterocycles. The molecule has 0 radical (unpaired) electrons. The van der Waals surface area contributed by atoms with E-state index in [1.807, 2.05) is 24.4 Å². The van der Waals surface area contributed by atoms with Crippen molar-refractivity contribution in [3.05, 3.63) is 60.8 Å². The second-order valence-corrected chi connectivity index (χ2v) is 12.0. The summed E-state index contributed by atoms with van der Waals surface area (Å²) in [6.45, 7) is 7.12. The maximum atomic E-state index is 5.89. The van der Waals surface area contributed by atoms with E-state index >= 15 is 0 Å². The average molecular weight is 317 g/mol. The van der Waals surface area contributed by atoms with Gasteiger partial charge in [-0.25, -0.2) is 0 Å². The van der Waals surface area contributed by atoms with E-state index in [4.69, 9.17) is 4.42 Å². The molecule has 0 fully saturated rings. The third kappa shape index (κ3) is 2.37. The molecule has 0 aliphatic carbocycles. The number of nitrogens with zero attached hydrogens (tertiary/aromatic N) is 1. The summed E-state index contributed by atoms with van der Waals surface area (Å²) in [5.41, 5.74) is 4.04. The van der Waals surface area contributed by atoms with Gasteiger partial charge in [0.15, 0.2) is 5.58 Å². The van der Waals surface area contributed by atoms with Crippen LogP contribution in [0.25, 0.3) is 33.2 Å². The van der Waals surface area contributed by atoms with Crippen LogP contribution in [0.1, 0.15) is 0 Å². The van der Waals surface area contributed by atoms with Crippen LogP contribution in [0.4, 0.5) is 0 Å². The van der Waals surface area contributed by atoms with E-state index in [0.717, 1.165) is 27.6 Å². The summed E-state index contributed by atoms with van der Waals surface area (Å²) in [5.74, 6) is 0. The van der Waals surface area contributed by atoms with Gasteiger partial charge in [-0.1, -0.05) is 67.3 Å². The Morgan fingerprint density at radius 3 is 2.39 bits per heavy atom. The van der Waals surface area contributed by atoms with E-state index in [1.165, 1.54) is 10.8 Å². The molecule has 2 aromatic carbocycles. The molecule has 2 nitrogen and oxygen atoms in total. The van der Waals surface area contributed by atoms with Crippen molar-refractivity contribution in [2.24, 2.45) is 0 Å². The minimum absolute atomic E-state index is 0.848. The van der Waals surface area contributed by atoms with Crippen LogP contribution in [0.5, 0.6) is 0 Å². The molecule has 0 amide bonds. The molecule has 2 heterocycles. The van der Waals surface area contributed by atoms with Crippen LogP contribution in [0, 0.1) is 0 Å². The van der Waals surface area contributed by atoms with E-state index < -0.39 is 8.07 Å². The lowest BCUT2D eigenvalue weighted by atomic mass is 10.1. The molecule has 0 unspecified atom stereocenters. The number of para-hydroxylation sites is 1. The molecule has 0 saturated carbocycles. The Morgan fingerprint density at radius 1 is 0.826 bits per heavy atom. The van der Waals surface area contributed by atoms with Gasteiger partial charge in [-0.05, 0) is 17.7 Å². The largest absolute Gasteiger partial charge is 0.454 e. The molecule has 0 spiro atoms. The van der Waals surface area contributed by atoms with E-state index in [2.05, 4.69) is 61.0 Å². The maximum Gasteiger partial charge on any atom is 0.153 e. The van der Waals surface area contributed by atoms with Crippen molar-refractivity contribution < 1.29 is 4.42 Å². The summed E-state index contributed by atoms with van der Waals surface area (Å²) in [5, 5.41) is 3.73. The predicted octanol–water partition coefficient (Wildman–Crippen LogP) is 5.19. The smallest absolute Gasteiger partial charge is 0.153 e. The normalized spacial score (nSPS) is 12.1. The maximum absolute atomic E-state index is 5.89.